The molecule has 130 valence electrons. The van der Waals surface area contributed by atoms with Gasteiger partial charge in [0.2, 0.25) is 5.91 Å². The van der Waals surface area contributed by atoms with Gasteiger partial charge in [-0.3, -0.25) is 9.59 Å². The quantitative estimate of drug-likeness (QED) is 0.710. The van der Waals surface area contributed by atoms with Crippen LogP contribution in [0.5, 0.6) is 5.75 Å². The Bertz CT molecular complexity index is 618. The summed E-state index contributed by atoms with van der Waals surface area (Å²) in [7, 11) is 0. The minimum atomic E-state index is -1.02. The molecule has 0 saturated carbocycles. The van der Waals surface area contributed by atoms with Gasteiger partial charge in [0.15, 0.2) is 0 Å². The molecule has 1 amide bonds. The van der Waals surface area contributed by atoms with Crippen molar-refractivity contribution in [1.29, 1.82) is 5.26 Å². The van der Waals surface area contributed by atoms with Crippen LogP contribution in [0, 0.1) is 11.3 Å². The fourth-order valence-corrected chi connectivity index (χ4v) is 2.49. The Morgan fingerprint density at radius 2 is 2.21 bits per heavy atom. The van der Waals surface area contributed by atoms with Crippen LogP contribution in [0.25, 0.3) is 0 Å². The predicted octanol–water partition coefficient (Wildman–Crippen LogP) is 1.01. The van der Waals surface area contributed by atoms with Crippen LogP contribution in [-0.4, -0.2) is 52.8 Å². The average Bonchev–Trinajstić information content (AvgIpc) is 2.54. The molecule has 2 atom stereocenters. The fraction of sp³-hybridized carbons (Fsp3) is 0.438. The van der Waals surface area contributed by atoms with Gasteiger partial charge in [-0.1, -0.05) is 6.07 Å². The van der Waals surface area contributed by atoms with Gasteiger partial charge in [0.05, 0.1) is 12.1 Å². The van der Waals surface area contributed by atoms with Gasteiger partial charge >= 0.3 is 0 Å². The van der Waals surface area contributed by atoms with Crippen LogP contribution in [0.2, 0.25) is 0 Å². The molecule has 0 bridgehead atoms. The molecule has 24 heavy (non-hydrogen) atoms. The summed E-state index contributed by atoms with van der Waals surface area (Å²) in [6.07, 6.45) is -0.651. The molecular weight excluding hydrogens is 317 g/mol. The minimum absolute atomic E-state index is 0.0505. The number of aromatic hydroxyl groups is 1. The van der Waals surface area contributed by atoms with Crippen LogP contribution >= 0.6 is 0 Å². The van der Waals surface area contributed by atoms with E-state index in [-0.39, 0.29) is 36.3 Å². The number of phenolic OH excluding ortho intramolecular Hbond substituents is 1. The van der Waals surface area contributed by atoms with Crippen molar-refractivity contribution in [1.82, 2.24) is 10.2 Å². The highest BCUT2D eigenvalue weighted by Crippen LogP contribution is 2.18. The van der Waals surface area contributed by atoms with E-state index in [1.807, 2.05) is 6.07 Å². The van der Waals surface area contributed by atoms with E-state index in [2.05, 4.69) is 5.32 Å². The topological polar surface area (TPSA) is 114 Å². The number of nitrogens with zero attached hydrogens (tertiary/aromatic N) is 2. The minimum Gasteiger partial charge on any atom is -0.507 e. The van der Waals surface area contributed by atoms with Gasteiger partial charge < -0.3 is 20.4 Å². The number of carboxylic acid groups (broad SMARTS) is 1. The molecule has 8 heteroatoms. The molecule has 2 rings (SSSR count). The number of carbonyl (C=O) groups is 2. The zero-order valence-electron chi connectivity index (χ0n) is 13.3. The second kappa shape index (κ2) is 9.47. The molecule has 1 aromatic carbocycles. The lowest BCUT2D eigenvalue weighted by Crippen LogP contribution is -2.51. The molecule has 1 aliphatic rings. The zero-order chi connectivity index (χ0) is 18.1. The molecule has 1 heterocycles. The molecule has 1 aliphatic heterocycles. The highest BCUT2D eigenvalue weighted by molar-refractivity contribution is 5.73. The Labute approximate surface area is 139 Å². The summed E-state index contributed by atoms with van der Waals surface area (Å²) < 4.78 is 13.6. The summed E-state index contributed by atoms with van der Waals surface area (Å²) in [6.45, 7) is 2.29. The first-order chi connectivity index (χ1) is 11.4. The number of rotatable bonds is 3. The standard InChI is InChI=1S/C15H18FN3O2.CH2O2/c1-10(20)19-8-13(16)5-14(9-19)18-7-11-2-3-15(21)12(4-11)6-17;2-1-3/h2-4,13-14,18,21H,5,7-9H2,1H3;1H,(H,2,3)/t13-,14-;/m1./s1. The van der Waals surface area contributed by atoms with Gasteiger partial charge in [-0.05, 0) is 24.1 Å². The number of nitrogens with one attached hydrogen (secondary N) is 1. The number of likely N-dealkylation sites (tertiary alicyclic amines) is 1. The number of nitriles is 1. The third-order valence-corrected chi connectivity index (χ3v) is 3.62. The Hall–Kier alpha value is -2.66. The van der Waals surface area contributed by atoms with Crippen molar-refractivity contribution in [3.8, 4) is 11.8 Å². The molecule has 0 unspecified atom stereocenters. The number of benzene rings is 1. The first-order valence-electron chi connectivity index (χ1n) is 7.34. The van der Waals surface area contributed by atoms with Gasteiger partial charge in [-0.2, -0.15) is 5.26 Å². The first kappa shape index (κ1) is 19.4. The summed E-state index contributed by atoms with van der Waals surface area (Å²) in [5.41, 5.74) is 1.05. The van der Waals surface area contributed by atoms with Gasteiger partial charge in [0.1, 0.15) is 18.0 Å². The number of piperidine rings is 1. The highest BCUT2D eigenvalue weighted by atomic mass is 19.1. The maximum atomic E-state index is 13.6. The largest absolute Gasteiger partial charge is 0.507 e. The second-order valence-electron chi connectivity index (χ2n) is 5.40. The van der Waals surface area contributed by atoms with Crippen molar-refractivity contribution in [3.05, 3.63) is 29.3 Å². The van der Waals surface area contributed by atoms with E-state index in [4.69, 9.17) is 15.2 Å². The van der Waals surface area contributed by atoms with Crippen molar-refractivity contribution in [3.63, 3.8) is 0 Å². The molecule has 1 saturated heterocycles. The normalized spacial score (nSPS) is 19.6. The Kier molecular flexibility index (Phi) is 7.65. The average molecular weight is 337 g/mol. The van der Waals surface area contributed by atoms with Crippen LogP contribution in [0.1, 0.15) is 24.5 Å². The second-order valence-corrected chi connectivity index (χ2v) is 5.40. The summed E-state index contributed by atoms with van der Waals surface area (Å²) >= 11 is 0. The molecule has 1 fully saturated rings. The number of phenols is 1. The van der Waals surface area contributed by atoms with E-state index in [1.165, 1.54) is 17.9 Å². The van der Waals surface area contributed by atoms with Crippen molar-refractivity contribution < 1.29 is 24.2 Å². The van der Waals surface area contributed by atoms with Crippen LogP contribution < -0.4 is 5.32 Å². The first-order valence-corrected chi connectivity index (χ1v) is 7.34. The monoisotopic (exact) mass is 337 g/mol. The van der Waals surface area contributed by atoms with Crippen molar-refractivity contribution in [2.75, 3.05) is 13.1 Å². The van der Waals surface area contributed by atoms with E-state index in [9.17, 15) is 14.3 Å². The number of amides is 1. The summed E-state index contributed by atoms with van der Waals surface area (Å²) in [4.78, 5) is 21.2. The summed E-state index contributed by atoms with van der Waals surface area (Å²) in [5.74, 6) is -0.175. The molecule has 1 aromatic rings. The SMILES string of the molecule is CC(=O)N1C[C@H](F)C[C@@H](NCc2ccc(O)c(C#N)c2)C1.O=CO. The van der Waals surface area contributed by atoms with Crippen LogP contribution in [0.15, 0.2) is 18.2 Å². The molecule has 0 spiro atoms. The fourth-order valence-electron chi connectivity index (χ4n) is 2.49. The van der Waals surface area contributed by atoms with Gasteiger partial charge in [-0.25, -0.2) is 4.39 Å². The maximum absolute atomic E-state index is 13.6. The Balaban J connectivity index is 0.000000891. The molecule has 0 aliphatic carbocycles. The molecule has 0 aromatic heterocycles. The summed E-state index contributed by atoms with van der Waals surface area (Å²) in [6, 6.07) is 6.57. The molecule has 7 nitrogen and oxygen atoms in total. The lowest BCUT2D eigenvalue weighted by molar-refractivity contribution is -0.131. The third kappa shape index (κ3) is 5.85. The lowest BCUT2D eigenvalue weighted by atomic mass is 10.0. The summed E-state index contributed by atoms with van der Waals surface area (Å²) in [5, 5.41) is 28.4. The van der Waals surface area contributed by atoms with E-state index < -0.39 is 6.17 Å². The maximum Gasteiger partial charge on any atom is 0.290 e. The molecule has 0 radical (unpaired) electrons. The number of halogens is 1. The van der Waals surface area contributed by atoms with Crippen LogP contribution in [0.4, 0.5) is 4.39 Å². The van der Waals surface area contributed by atoms with Crippen LogP contribution in [-0.2, 0) is 16.1 Å². The number of hydrogen-bond acceptors (Lipinski definition) is 5. The molecular formula is C16H20FN3O4. The van der Waals surface area contributed by atoms with E-state index in [0.29, 0.717) is 19.5 Å². The van der Waals surface area contributed by atoms with Gasteiger partial charge in [0.25, 0.3) is 6.47 Å². The van der Waals surface area contributed by atoms with E-state index in [0.717, 1.165) is 5.56 Å². The third-order valence-electron chi connectivity index (χ3n) is 3.62. The number of alkyl halides is 1. The molecule has 3 N–H and O–H groups in total. The lowest BCUT2D eigenvalue weighted by Gasteiger charge is -2.34. The zero-order valence-corrected chi connectivity index (χ0v) is 13.3. The van der Waals surface area contributed by atoms with Gasteiger partial charge in [-0.15, -0.1) is 0 Å². The van der Waals surface area contributed by atoms with E-state index in [1.54, 1.807) is 12.1 Å². The van der Waals surface area contributed by atoms with Crippen molar-refractivity contribution in [2.45, 2.75) is 32.1 Å². The predicted molar refractivity (Wildman–Crippen MR) is 83.9 cm³/mol. The highest BCUT2D eigenvalue weighted by Gasteiger charge is 2.28. The smallest absolute Gasteiger partial charge is 0.290 e. The van der Waals surface area contributed by atoms with E-state index >= 15 is 0 Å². The van der Waals surface area contributed by atoms with Gasteiger partial charge in [0, 0.05) is 26.1 Å². The van der Waals surface area contributed by atoms with Crippen LogP contribution in [0.3, 0.4) is 0 Å². The Morgan fingerprint density at radius 1 is 1.54 bits per heavy atom. The van der Waals surface area contributed by atoms with Crippen molar-refractivity contribution >= 4 is 12.4 Å². The number of carbonyl (C=O) groups excluding carboxylic acids is 1. The number of hydrogen-bond donors (Lipinski definition) is 3. The Morgan fingerprint density at radius 3 is 2.79 bits per heavy atom. The van der Waals surface area contributed by atoms with Crippen molar-refractivity contribution in [2.24, 2.45) is 0 Å².